The van der Waals surface area contributed by atoms with Crippen LogP contribution in [0.4, 0.5) is 11.4 Å². The van der Waals surface area contributed by atoms with Crippen molar-refractivity contribution in [3.63, 3.8) is 0 Å². The molecule has 0 atom stereocenters. The van der Waals surface area contributed by atoms with Crippen LogP contribution >= 0.6 is 0 Å². The van der Waals surface area contributed by atoms with Crippen LogP contribution < -0.4 is 5.32 Å². The smallest absolute Gasteiger partial charge is 0.295 e. The Hall–Kier alpha value is -2.37. The first-order chi connectivity index (χ1) is 9.00. The van der Waals surface area contributed by atoms with Gasteiger partial charge in [0.2, 0.25) is 0 Å². The number of para-hydroxylation sites is 1. The third kappa shape index (κ3) is 2.57. The van der Waals surface area contributed by atoms with E-state index in [1.807, 2.05) is 13.8 Å². The topological polar surface area (TPSA) is 81.2 Å². The molecule has 1 aromatic carbocycles. The molecule has 1 heterocycles. The lowest BCUT2D eigenvalue weighted by Gasteiger charge is -2.08. The van der Waals surface area contributed by atoms with Crippen LogP contribution in [0.5, 0.6) is 0 Å². The van der Waals surface area contributed by atoms with Gasteiger partial charge in [-0.2, -0.15) is 0 Å². The highest BCUT2D eigenvalue weighted by molar-refractivity contribution is 5.65. The number of nitrogens with zero attached hydrogens (tertiary/aromatic N) is 2. The lowest BCUT2D eigenvalue weighted by molar-refractivity contribution is -0.384. The third-order valence-electron chi connectivity index (χ3n) is 3.06. The molecule has 0 aliphatic carbocycles. The summed E-state index contributed by atoms with van der Waals surface area (Å²) in [7, 11) is 0. The van der Waals surface area contributed by atoms with Gasteiger partial charge in [-0.25, -0.2) is 0 Å². The lowest BCUT2D eigenvalue weighted by atomic mass is 10.1. The van der Waals surface area contributed by atoms with Gasteiger partial charge in [-0.1, -0.05) is 17.3 Å². The Morgan fingerprint density at radius 2 is 2.11 bits per heavy atom. The quantitative estimate of drug-likeness (QED) is 0.675. The van der Waals surface area contributed by atoms with Gasteiger partial charge in [0.05, 0.1) is 10.6 Å². The zero-order valence-electron chi connectivity index (χ0n) is 11.1. The van der Waals surface area contributed by atoms with Gasteiger partial charge in [0, 0.05) is 17.7 Å². The van der Waals surface area contributed by atoms with E-state index in [9.17, 15) is 10.1 Å². The zero-order valence-corrected chi connectivity index (χ0v) is 11.1. The molecule has 100 valence electrons. The Balaban J connectivity index is 2.25. The summed E-state index contributed by atoms with van der Waals surface area (Å²) in [6.45, 7) is 5.84. The van der Waals surface area contributed by atoms with E-state index in [1.165, 1.54) is 0 Å². The summed E-state index contributed by atoms with van der Waals surface area (Å²) in [4.78, 5) is 10.7. The molecular formula is C13H15N3O3. The second kappa shape index (κ2) is 5.09. The second-order valence-electron chi connectivity index (χ2n) is 4.38. The second-order valence-corrected chi connectivity index (χ2v) is 4.38. The van der Waals surface area contributed by atoms with E-state index < -0.39 is 0 Å². The minimum Gasteiger partial charge on any atom is -0.375 e. The van der Waals surface area contributed by atoms with E-state index in [4.69, 9.17) is 4.52 Å². The average molecular weight is 261 g/mol. The van der Waals surface area contributed by atoms with Crippen molar-refractivity contribution in [2.24, 2.45) is 0 Å². The summed E-state index contributed by atoms with van der Waals surface area (Å²) in [5, 5.41) is 18.0. The van der Waals surface area contributed by atoms with Crippen molar-refractivity contribution < 1.29 is 9.45 Å². The van der Waals surface area contributed by atoms with Gasteiger partial charge in [-0.3, -0.25) is 10.1 Å². The van der Waals surface area contributed by atoms with Crippen molar-refractivity contribution >= 4 is 11.4 Å². The predicted molar refractivity (Wildman–Crippen MR) is 71.1 cm³/mol. The maximum atomic E-state index is 11.1. The van der Waals surface area contributed by atoms with Crippen molar-refractivity contribution in [1.29, 1.82) is 0 Å². The molecule has 0 spiro atoms. The Morgan fingerprint density at radius 1 is 1.37 bits per heavy atom. The zero-order chi connectivity index (χ0) is 14.0. The molecule has 1 N–H and O–H groups in total. The number of hydrogen-bond acceptors (Lipinski definition) is 5. The molecule has 0 saturated heterocycles. The first-order valence-corrected chi connectivity index (χ1v) is 5.90. The number of aromatic nitrogens is 1. The van der Waals surface area contributed by atoms with Crippen LogP contribution in [0.1, 0.15) is 22.6 Å². The van der Waals surface area contributed by atoms with Gasteiger partial charge < -0.3 is 9.84 Å². The Morgan fingerprint density at radius 3 is 2.68 bits per heavy atom. The number of nitrogens with one attached hydrogen (secondary N) is 1. The van der Waals surface area contributed by atoms with Crippen molar-refractivity contribution in [2.45, 2.75) is 27.3 Å². The molecule has 0 amide bonds. The van der Waals surface area contributed by atoms with Gasteiger partial charge in [0.25, 0.3) is 5.69 Å². The van der Waals surface area contributed by atoms with Gasteiger partial charge in [0.15, 0.2) is 0 Å². The fraction of sp³-hybridized carbons (Fsp3) is 0.308. The molecule has 0 aliphatic heterocycles. The highest BCUT2D eigenvalue weighted by atomic mass is 16.6. The van der Waals surface area contributed by atoms with Crippen LogP contribution in [0.2, 0.25) is 0 Å². The van der Waals surface area contributed by atoms with E-state index in [2.05, 4.69) is 10.5 Å². The Labute approximate surface area is 110 Å². The molecule has 0 bridgehead atoms. The molecule has 2 aromatic rings. The molecule has 6 heteroatoms. The molecule has 19 heavy (non-hydrogen) atoms. The molecule has 0 fully saturated rings. The van der Waals surface area contributed by atoms with Crippen LogP contribution in [-0.4, -0.2) is 10.1 Å². The van der Waals surface area contributed by atoms with Crippen molar-refractivity contribution in [2.75, 3.05) is 5.32 Å². The fourth-order valence-corrected chi connectivity index (χ4v) is 1.98. The van der Waals surface area contributed by atoms with Gasteiger partial charge >= 0.3 is 0 Å². The van der Waals surface area contributed by atoms with Gasteiger partial charge in [-0.15, -0.1) is 0 Å². The minimum atomic E-state index is -0.370. The van der Waals surface area contributed by atoms with Crippen LogP contribution in [0.15, 0.2) is 22.7 Å². The van der Waals surface area contributed by atoms with Crippen LogP contribution in [0, 0.1) is 30.9 Å². The minimum absolute atomic E-state index is 0.106. The van der Waals surface area contributed by atoms with E-state index in [-0.39, 0.29) is 10.6 Å². The molecular weight excluding hydrogens is 246 g/mol. The normalized spacial score (nSPS) is 10.5. The van der Waals surface area contributed by atoms with Crippen molar-refractivity contribution in [3.8, 4) is 0 Å². The Bertz CT molecular complexity index is 600. The summed E-state index contributed by atoms with van der Waals surface area (Å²) in [5.41, 5.74) is 2.96. The molecule has 0 saturated carbocycles. The maximum absolute atomic E-state index is 11.1. The van der Waals surface area contributed by atoms with E-state index >= 15 is 0 Å². The molecule has 0 aliphatic rings. The van der Waals surface area contributed by atoms with Crippen molar-refractivity contribution in [3.05, 3.63) is 50.9 Å². The van der Waals surface area contributed by atoms with Crippen molar-refractivity contribution in [1.82, 2.24) is 5.16 Å². The van der Waals surface area contributed by atoms with Crippen LogP contribution in [0.3, 0.4) is 0 Å². The number of aryl methyl sites for hydroxylation is 3. The summed E-state index contributed by atoms with van der Waals surface area (Å²) in [5.74, 6) is 0.723. The highest BCUT2D eigenvalue weighted by Crippen LogP contribution is 2.28. The number of benzene rings is 1. The molecule has 0 unspecified atom stereocenters. The molecule has 2 rings (SSSR count). The number of anilines is 1. The third-order valence-corrected chi connectivity index (χ3v) is 3.06. The number of hydrogen-bond donors (Lipinski definition) is 1. The molecule has 1 aromatic heterocycles. The molecule has 0 radical (unpaired) electrons. The summed E-state index contributed by atoms with van der Waals surface area (Å²) in [6.07, 6.45) is 0. The summed E-state index contributed by atoms with van der Waals surface area (Å²) >= 11 is 0. The van der Waals surface area contributed by atoms with Gasteiger partial charge in [0.1, 0.15) is 11.4 Å². The number of nitro groups is 1. The molecule has 6 nitrogen and oxygen atoms in total. The standard InChI is InChI=1S/C13H15N3O3/c1-8-5-4-6-12(13(8)16(17)18)14-7-11-9(2)15-19-10(11)3/h4-6,14H,7H2,1-3H3. The SMILES string of the molecule is Cc1cccc(NCc2c(C)noc2C)c1[N+](=O)[O-]. The maximum Gasteiger partial charge on any atom is 0.295 e. The van der Waals surface area contributed by atoms with E-state index in [0.29, 0.717) is 17.8 Å². The first-order valence-electron chi connectivity index (χ1n) is 5.90. The monoisotopic (exact) mass is 261 g/mol. The van der Waals surface area contributed by atoms with E-state index in [1.54, 1.807) is 25.1 Å². The van der Waals surface area contributed by atoms with E-state index in [0.717, 1.165) is 17.0 Å². The fourth-order valence-electron chi connectivity index (χ4n) is 1.98. The number of nitro benzene ring substituents is 1. The van der Waals surface area contributed by atoms with Crippen LogP contribution in [-0.2, 0) is 6.54 Å². The van der Waals surface area contributed by atoms with Gasteiger partial charge in [-0.05, 0) is 26.8 Å². The average Bonchev–Trinajstić information content (AvgIpc) is 2.66. The summed E-state index contributed by atoms with van der Waals surface area (Å²) < 4.78 is 5.06. The van der Waals surface area contributed by atoms with Crippen LogP contribution in [0.25, 0.3) is 0 Å². The largest absolute Gasteiger partial charge is 0.375 e. The first kappa shape index (κ1) is 13.1. The lowest BCUT2D eigenvalue weighted by Crippen LogP contribution is -2.05. The predicted octanol–water partition coefficient (Wildman–Crippen LogP) is 3.12. The number of rotatable bonds is 4. The summed E-state index contributed by atoms with van der Waals surface area (Å²) in [6, 6.07) is 5.21. The Kier molecular flexibility index (Phi) is 3.50. The highest BCUT2D eigenvalue weighted by Gasteiger charge is 2.17.